The van der Waals surface area contributed by atoms with Gasteiger partial charge in [0.1, 0.15) is 5.65 Å². The summed E-state index contributed by atoms with van der Waals surface area (Å²) in [6, 6.07) is 49.5. The average molecular weight is 612 g/mol. The summed E-state index contributed by atoms with van der Waals surface area (Å²) in [5.41, 5.74) is 6.39. The smallest absolute Gasteiger partial charge is 0.147 e. The number of rotatable bonds is 4. The molecule has 0 N–H and O–H groups in total. The van der Waals surface area contributed by atoms with Gasteiger partial charge in [0.2, 0.25) is 0 Å². The molecular weight excluding hydrogens is 586 g/mol. The first-order chi connectivity index (χ1) is 22.2. The van der Waals surface area contributed by atoms with Gasteiger partial charge in [0.15, 0.2) is 0 Å². The van der Waals surface area contributed by atoms with Crippen LogP contribution in [-0.4, -0.2) is 14.4 Å². The van der Waals surface area contributed by atoms with Crippen LogP contribution in [0.4, 0.5) is 0 Å². The first-order valence-electron chi connectivity index (χ1n) is 15.0. The van der Waals surface area contributed by atoms with E-state index in [1.165, 1.54) is 37.5 Å². The van der Waals surface area contributed by atoms with Crippen molar-refractivity contribution in [3.05, 3.63) is 158 Å². The molecule has 0 aliphatic heterocycles. The minimum absolute atomic E-state index is 0.964. The van der Waals surface area contributed by atoms with Gasteiger partial charge in [-0.2, -0.15) is 0 Å². The summed E-state index contributed by atoms with van der Waals surface area (Å²) >= 11 is 6.78. The van der Waals surface area contributed by atoms with E-state index >= 15 is 0 Å². The summed E-state index contributed by atoms with van der Waals surface area (Å²) in [5, 5.41) is 9.40. The van der Waals surface area contributed by atoms with Crippen molar-refractivity contribution in [2.75, 3.05) is 0 Å². The van der Waals surface area contributed by atoms with Gasteiger partial charge in [-0.15, -0.1) is 0 Å². The lowest BCUT2D eigenvalue weighted by Gasteiger charge is -2.25. The van der Waals surface area contributed by atoms with Crippen molar-refractivity contribution in [3.63, 3.8) is 0 Å². The molecule has 0 bridgehead atoms. The normalized spacial score (nSPS) is 12.1. The Labute approximate surface area is 265 Å². The molecule has 0 unspecified atom stereocenters. The van der Waals surface area contributed by atoms with Crippen molar-refractivity contribution < 1.29 is 0 Å². The van der Waals surface area contributed by atoms with Crippen LogP contribution in [0.1, 0.15) is 0 Å². The van der Waals surface area contributed by atoms with E-state index in [9.17, 15) is 0 Å². The highest BCUT2D eigenvalue weighted by Crippen LogP contribution is 2.45. The molecule has 9 rings (SSSR count). The van der Waals surface area contributed by atoms with Crippen LogP contribution in [-0.2, 0) is 11.8 Å². The zero-order valence-electron chi connectivity index (χ0n) is 24.2. The van der Waals surface area contributed by atoms with Gasteiger partial charge in [0.05, 0.1) is 16.6 Å². The number of para-hydroxylation sites is 2. The van der Waals surface area contributed by atoms with Crippen molar-refractivity contribution in [3.8, 4) is 11.1 Å². The summed E-state index contributed by atoms with van der Waals surface area (Å²) in [4.78, 5) is 9.63. The molecule has 0 amide bonds. The Morgan fingerprint density at radius 1 is 0.533 bits per heavy atom. The Bertz CT molecular complexity index is 2570. The number of hydrogen-bond acceptors (Lipinski definition) is 3. The fraction of sp³-hybridized carbons (Fsp3) is 0. The summed E-state index contributed by atoms with van der Waals surface area (Å²) in [5.74, 6) is 0. The molecule has 6 aromatic carbocycles. The second-order valence-electron chi connectivity index (χ2n) is 11.4. The monoisotopic (exact) mass is 611 g/mol. The molecule has 9 aromatic rings. The fourth-order valence-corrected chi connectivity index (χ4v) is 10.5. The van der Waals surface area contributed by atoms with Gasteiger partial charge < -0.3 is 0 Å². The molecule has 212 valence electrons. The second-order valence-corrected chi connectivity index (χ2v) is 15.8. The van der Waals surface area contributed by atoms with E-state index in [-0.39, 0.29) is 0 Å². The van der Waals surface area contributed by atoms with Crippen LogP contribution in [0.3, 0.4) is 0 Å². The maximum Gasteiger partial charge on any atom is 0.147 e. The first kappa shape index (κ1) is 26.3. The predicted octanol–water partition coefficient (Wildman–Crippen LogP) is 8.76. The third-order valence-corrected chi connectivity index (χ3v) is 13.9. The Morgan fingerprint density at radius 3 is 2.02 bits per heavy atom. The van der Waals surface area contributed by atoms with Gasteiger partial charge in [-0.05, 0) is 74.0 Å². The van der Waals surface area contributed by atoms with E-state index < -0.39 is 6.04 Å². The minimum atomic E-state index is -2.35. The molecule has 45 heavy (non-hydrogen) atoms. The summed E-state index contributed by atoms with van der Waals surface area (Å²) in [6.07, 6.45) is 3.74. The Morgan fingerprint density at radius 2 is 1.27 bits per heavy atom. The number of pyridine rings is 2. The van der Waals surface area contributed by atoms with Crippen LogP contribution in [0.15, 0.2) is 158 Å². The van der Waals surface area contributed by atoms with Gasteiger partial charge in [-0.1, -0.05) is 121 Å². The molecule has 0 saturated heterocycles. The van der Waals surface area contributed by atoms with Crippen molar-refractivity contribution in [2.45, 2.75) is 0 Å². The van der Waals surface area contributed by atoms with Gasteiger partial charge in [-0.3, -0.25) is 9.38 Å². The Hall–Kier alpha value is -5.15. The molecule has 0 saturated carbocycles. The summed E-state index contributed by atoms with van der Waals surface area (Å²) in [6.45, 7) is 0. The molecule has 0 radical (unpaired) electrons. The van der Waals surface area contributed by atoms with Gasteiger partial charge in [-0.25, -0.2) is 4.98 Å². The minimum Gasteiger partial charge on any atom is -0.292 e. The molecule has 0 aliphatic rings. The van der Waals surface area contributed by atoms with Gasteiger partial charge in [0.25, 0.3) is 0 Å². The molecule has 3 aromatic heterocycles. The van der Waals surface area contributed by atoms with Crippen LogP contribution in [0, 0.1) is 0 Å². The van der Waals surface area contributed by atoms with E-state index in [1.54, 1.807) is 0 Å². The molecule has 0 spiro atoms. The molecule has 0 fully saturated rings. The maximum absolute atomic E-state index is 6.78. The fourth-order valence-electron chi connectivity index (χ4n) is 6.79. The van der Waals surface area contributed by atoms with E-state index in [2.05, 4.69) is 149 Å². The van der Waals surface area contributed by atoms with Crippen molar-refractivity contribution in [1.29, 1.82) is 0 Å². The number of imidazole rings is 1. The maximum atomic E-state index is 6.78. The number of benzene rings is 6. The van der Waals surface area contributed by atoms with Crippen LogP contribution in [0.25, 0.3) is 60.3 Å². The number of fused-ring (bicyclic) bond motifs is 10. The SMILES string of the molecule is S=P(c1ccccc1)(c1ccccc1)c1ccc2c(c1)c1ccc3ccc(-c4cccnc4)cc3c1c1nc3ccccc3n21. The topological polar surface area (TPSA) is 30.2 Å². The third kappa shape index (κ3) is 4.00. The van der Waals surface area contributed by atoms with E-state index in [0.29, 0.717) is 0 Å². The number of hydrogen-bond donors (Lipinski definition) is 0. The lowest BCUT2D eigenvalue weighted by molar-refractivity contribution is 1.32. The van der Waals surface area contributed by atoms with Crippen LogP contribution < -0.4 is 15.9 Å². The van der Waals surface area contributed by atoms with Gasteiger partial charge in [0, 0.05) is 34.8 Å². The predicted molar refractivity (Wildman–Crippen MR) is 195 cm³/mol. The van der Waals surface area contributed by atoms with Crippen molar-refractivity contribution in [2.24, 2.45) is 0 Å². The molecule has 5 heteroatoms. The first-order valence-corrected chi connectivity index (χ1v) is 17.8. The highest BCUT2D eigenvalue weighted by Gasteiger charge is 2.26. The third-order valence-electron chi connectivity index (χ3n) is 8.92. The number of aromatic nitrogens is 3. The van der Waals surface area contributed by atoms with Crippen LogP contribution >= 0.6 is 6.04 Å². The van der Waals surface area contributed by atoms with Gasteiger partial charge >= 0.3 is 0 Å². The zero-order valence-corrected chi connectivity index (χ0v) is 25.9. The van der Waals surface area contributed by atoms with E-state index in [4.69, 9.17) is 16.8 Å². The number of nitrogens with zero attached hydrogens (tertiary/aromatic N) is 3. The molecular formula is C40H26N3PS. The van der Waals surface area contributed by atoms with Crippen molar-refractivity contribution >= 4 is 82.9 Å². The lowest BCUT2D eigenvalue weighted by Crippen LogP contribution is -2.24. The molecule has 3 nitrogen and oxygen atoms in total. The highest BCUT2D eigenvalue weighted by molar-refractivity contribution is 8.25. The highest BCUT2D eigenvalue weighted by atomic mass is 32.4. The zero-order chi connectivity index (χ0) is 30.0. The lowest BCUT2D eigenvalue weighted by atomic mass is 9.96. The Kier molecular flexibility index (Phi) is 5.96. The molecule has 0 atom stereocenters. The quantitative estimate of drug-likeness (QED) is 0.147. The average Bonchev–Trinajstić information content (AvgIpc) is 3.51. The van der Waals surface area contributed by atoms with Crippen LogP contribution in [0.5, 0.6) is 0 Å². The van der Waals surface area contributed by atoms with Crippen molar-refractivity contribution in [1.82, 2.24) is 14.4 Å². The molecule has 0 aliphatic carbocycles. The van der Waals surface area contributed by atoms with E-state index in [1.807, 2.05) is 18.5 Å². The summed E-state index contributed by atoms with van der Waals surface area (Å²) < 4.78 is 2.33. The van der Waals surface area contributed by atoms with Crippen LogP contribution in [0.2, 0.25) is 0 Å². The molecule has 3 heterocycles. The Balaban J connectivity index is 1.44. The second kappa shape index (κ2) is 10.2. The summed E-state index contributed by atoms with van der Waals surface area (Å²) in [7, 11) is 0. The largest absolute Gasteiger partial charge is 0.292 e. The van der Waals surface area contributed by atoms with E-state index in [0.717, 1.165) is 38.7 Å². The standard InChI is InChI=1S/C40H26N3PS/c45-44(30-11-3-1-4-12-30,31-13-5-2-6-14-31)32-20-22-37-35(25-32)33-21-19-27-17-18-28(29-10-9-23-41-26-29)24-34(27)39(33)40-42-36-15-7-8-16-38(36)43(37)40/h1-26H.